The van der Waals surface area contributed by atoms with Crippen LogP contribution < -0.4 is 0 Å². The van der Waals surface area contributed by atoms with E-state index in [0.29, 0.717) is 12.3 Å². The summed E-state index contributed by atoms with van der Waals surface area (Å²) < 4.78 is 35.3. The second-order valence-electron chi connectivity index (χ2n) is 6.74. The van der Waals surface area contributed by atoms with E-state index in [1.165, 1.54) is 15.6 Å². The van der Waals surface area contributed by atoms with Gasteiger partial charge in [0, 0.05) is 0 Å². The third-order valence-corrected chi connectivity index (χ3v) is 7.27. The van der Waals surface area contributed by atoms with E-state index in [1.54, 1.807) is 10.9 Å². The van der Waals surface area contributed by atoms with Crippen molar-refractivity contribution in [3.8, 4) is 16.3 Å². The zero-order valence-corrected chi connectivity index (χ0v) is 16.1. The highest BCUT2D eigenvalue weighted by atomic mass is 32.2. The first kappa shape index (κ1) is 17.4. The fourth-order valence-corrected chi connectivity index (χ4v) is 5.55. The minimum atomic E-state index is -3.76. The second-order valence-corrected chi connectivity index (χ2v) is 9.52. The van der Waals surface area contributed by atoms with Gasteiger partial charge in [-0.05, 0) is 37.4 Å². The number of para-hydroxylation sites is 1. The van der Waals surface area contributed by atoms with Crippen LogP contribution in [0.25, 0.3) is 16.3 Å². The van der Waals surface area contributed by atoms with Gasteiger partial charge in [-0.3, -0.25) is 0 Å². The first-order chi connectivity index (χ1) is 12.4. The van der Waals surface area contributed by atoms with Crippen LogP contribution in [-0.2, 0) is 14.8 Å². The molecule has 1 aromatic carbocycles. The van der Waals surface area contributed by atoms with Crippen molar-refractivity contribution in [2.75, 3.05) is 13.3 Å². The van der Waals surface area contributed by atoms with Gasteiger partial charge in [0.25, 0.3) is 0 Å². The third kappa shape index (κ3) is 2.88. The van der Waals surface area contributed by atoms with Gasteiger partial charge in [-0.2, -0.15) is 9.40 Å². The molecule has 136 valence electrons. The molecular formula is C18H19N3O3S2. The van der Waals surface area contributed by atoms with Gasteiger partial charge in [-0.1, -0.05) is 24.3 Å². The van der Waals surface area contributed by atoms with E-state index in [-0.39, 0.29) is 11.6 Å². The van der Waals surface area contributed by atoms with Crippen molar-refractivity contribution in [2.45, 2.75) is 24.3 Å². The molecule has 0 radical (unpaired) electrons. The Kier molecular flexibility index (Phi) is 4.23. The fraction of sp³-hybridized carbons (Fsp3) is 0.278. The Morgan fingerprint density at radius 1 is 1.15 bits per heavy atom. The van der Waals surface area contributed by atoms with Crippen LogP contribution >= 0.6 is 11.3 Å². The minimum Gasteiger partial charge on any atom is -0.363 e. The maximum absolute atomic E-state index is 13.4. The number of sulfonamides is 1. The summed E-state index contributed by atoms with van der Waals surface area (Å²) in [5, 5.41) is 6.50. The van der Waals surface area contributed by atoms with Gasteiger partial charge < -0.3 is 4.74 Å². The number of hydrogen-bond acceptors (Lipinski definition) is 5. The Morgan fingerprint density at radius 2 is 1.92 bits per heavy atom. The molecule has 1 aliphatic rings. The molecule has 0 N–H and O–H groups in total. The summed E-state index contributed by atoms with van der Waals surface area (Å²) in [6.07, 6.45) is 1.59. The Bertz CT molecular complexity index is 1010. The number of benzene rings is 1. The molecule has 8 heteroatoms. The highest BCUT2D eigenvalue weighted by Gasteiger charge is 2.43. The highest BCUT2D eigenvalue weighted by Crippen LogP contribution is 2.36. The molecule has 1 saturated heterocycles. The van der Waals surface area contributed by atoms with Gasteiger partial charge in [0.2, 0.25) is 10.0 Å². The molecule has 0 amide bonds. The summed E-state index contributed by atoms with van der Waals surface area (Å²) in [5.74, 6) is 0. The van der Waals surface area contributed by atoms with Crippen molar-refractivity contribution < 1.29 is 13.2 Å². The highest BCUT2D eigenvalue weighted by molar-refractivity contribution is 7.89. The average molecular weight is 390 g/mol. The Labute approximate surface area is 156 Å². The van der Waals surface area contributed by atoms with Crippen molar-refractivity contribution in [3.05, 3.63) is 54.0 Å². The fourth-order valence-electron chi connectivity index (χ4n) is 2.98. The van der Waals surface area contributed by atoms with Gasteiger partial charge >= 0.3 is 0 Å². The van der Waals surface area contributed by atoms with Gasteiger partial charge in [0.1, 0.15) is 17.3 Å². The van der Waals surface area contributed by atoms with E-state index in [4.69, 9.17) is 4.74 Å². The Balaban J connectivity index is 1.89. The van der Waals surface area contributed by atoms with E-state index < -0.39 is 15.6 Å². The lowest BCUT2D eigenvalue weighted by molar-refractivity contribution is 0.171. The predicted octanol–water partition coefficient (Wildman–Crippen LogP) is 3.36. The minimum absolute atomic E-state index is 0.0513. The zero-order chi connectivity index (χ0) is 18.4. The second kappa shape index (κ2) is 6.31. The quantitative estimate of drug-likeness (QED) is 0.686. The molecule has 2 aromatic heterocycles. The van der Waals surface area contributed by atoms with E-state index >= 15 is 0 Å². The van der Waals surface area contributed by atoms with Crippen LogP contribution in [-0.4, -0.2) is 41.4 Å². The Morgan fingerprint density at radius 3 is 2.54 bits per heavy atom. The summed E-state index contributed by atoms with van der Waals surface area (Å²) in [5.41, 5.74) is 0.677. The van der Waals surface area contributed by atoms with E-state index in [9.17, 15) is 8.42 Å². The molecule has 3 heterocycles. The first-order valence-corrected chi connectivity index (χ1v) is 10.5. The molecule has 1 aliphatic heterocycles. The molecule has 3 aromatic rings. The lowest BCUT2D eigenvalue weighted by Crippen LogP contribution is -2.44. The van der Waals surface area contributed by atoms with Crippen molar-refractivity contribution in [3.63, 3.8) is 0 Å². The van der Waals surface area contributed by atoms with Crippen LogP contribution in [0.2, 0.25) is 0 Å². The van der Waals surface area contributed by atoms with Crippen LogP contribution in [0.3, 0.4) is 0 Å². The van der Waals surface area contributed by atoms with E-state index in [2.05, 4.69) is 5.10 Å². The van der Waals surface area contributed by atoms with Crippen LogP contribution in [0.4, 0.5) is 0 Å². The molecule has 0 unspecified atom stereocenters. The van der Waals surface area contributed by atoms with Crippen LogP contribution in [0.15, 0.2) is 58.9 Å². The topological polar surface area (TPSA) is 64.4 Å². The molecule has 0 saturated carbocycles. The maximum atomic E-state index is 13.4. The smallest absolute Gasteiger partial charge is 0.249 e. The van der Waals surface area contributed by atoms with Crippen molar-refractivity contribution in [1.29, 1.82) is 0 Å². The van der Waals surface area contributed by atoms with Crippen LogP contribution in [0, 0.1) is 0 Å². The van der Waals surface area contributed by atoms with E-state index in [1.807, 2.05) is 61.7 Å². The molecule has 0 atom stereocenters. The first-order valence-electron chi connectivity index (χ1n) is 8.19. The summed E-state index contributed by atoms with van der Waals surface area (Å²) in [7, 11) is -3.76. The maximum Gasteiger partial charge on any atom is 0.249 e. The van der Waals surface area contributed by atoms with Gasteiger partial charge in [-0.25, -0.2) is 13.1 Å². The van der Waals surface area contributed by atoms with Gasteiger partial charge in [-0.15, -0.1) is 11.3 Å². The van der Waals surface area contributed by atoms with Crippen molar-refractivity contribution in [2.24, 2.45) is 0 Å². The van der Waals surface area contributed by atoms with E-state index in [0.717, 1.165) is 10.6 Å². The number of rotatable bonds is 4. The number of hydrogen-bond donors (Lipinski definition) is 0. The third-order valence-electron chi connectivity index (χ3n) is 4.36. The molecule has 0 spiro atoms. The van der Waals surface area contributed by atoms with Crippen LogP contribution in [0.5, 0.6) is 0 Å². The van der Waals surface area contributed by atoms with Crippen molar-refractivity contribution in [1.82, 2.24) is 14.1 Å². The van der Waals surface area contributed by atoms with Gasteiger partial charge in [0.05, 0.1) is 28.9 Å². The number of nitrogens with zero attached hydrogens (tertiary/aromatic N) is 3. The number of thiophene rings is 1. The van der Waals surface area contributed by atoms with Crippen molar-refractivity contribution >= 4 is 21.4 Å². The number of ether oxygens (including phenoxy) is 1. The summed E-state index contributed by atoms with van der Waals surface area (Å²) in [6.45, 7) is 4.15. The summed E-state index contributed by atoms with van der Waals surface area (Å²) in [6, 6.07) is 13.3. The summed E-state index contributed by atoms with van der Waals surface area (Å²) >= 11 is 1.47. The molecule has 6 nitrogen and oxygen atoms in total. The number of aromatic nitrogens is 2. The normalized spacial score (nSPS) is 17.6. The molecule has 0 aliphatic carbocycles. The van der Waals surface area contributed by atoms with Crippen LogP contribution in [0.1, 0.15) is 13.8 Å². The lowest BCUT2D eigenvalue weighted by Gasteiger charge is -2.27. The molecular weight excluding hydrogens is 370 g/mol. The monoisotopic (exact) mass is 389 g/mol. The van der Waals surface area contributed by atoms with Gasteiger partial charge in [0.15, 0.2) is 0 Å². The zero-order valence-electron chi connectivity index (χ0n) is 14.5. The molecule has 1 fully saturated rings. The SMILES string of the molecule is CC1(C)COCN1S(=O)(=O)c1cn(-c2ccccc2)nc1-c1cccs1. The average Bonchev–Trinajstić information content (AvgIpc) is 3.34. The predicted molar refractivity (Wildman–Crippen MR) is 101 cm³/mol. The lowest BCUT2D eigenvalue weighted by atomic mass is 10.1. The largest absolute Gasteiger partial charge is 0.363 e. The summed E-state index contributed by atoms with van der Waals surface area (Å²) in [4.78, 5) is 1.01. The standard InChI is InChI=1S/C18H19N3O3S2/c1-18(2)12-24-13-21(18)26(22,23)16-11-20(14-7-4-3-5-8-14)19-17(16)15-9-6-10-25-15/h3-11H,12-13H2,1-2H3. The molecule has 26 heavy (non-hydrogen) atoms. The molecule has 0 bridgehead atoms. The molecule has 4 rings (SSSR count). The Hall–Kier alpha value is -2.00.